The van der Waals surface area contributed by atoms with Crippen molar-refractivity contribution in [1.29, 1.82) is 0 Å². The number of primary amides is 1. The minimum atomic E-state index is -0.875. The van der Waals surface area contributed by atoms with Gasteiger partial charge in [0.05, 0.1) is 0 Å². The number of amides is 3. The van der Waals surface area contributed by atoms with E-state index in [9.17, 15) is 14.4 Å². The van der Waals surface area contributed by atoms with Gasteiger partial charge in [-0.3, -0.25) is 14.4 Å². The molecule has 1 aromatic carbocycles. The molecule has 1 aromatic rings. The summed E-state index contributed by atoms with van der Waals surface area (Å²) in [5, 5.41) is 5.65. The monoisotopic (exact) mass is 387 g/mol. The number of rotatable bonds is 5. The van der Waals surface area contributed by atoms with Gasteiger partial charge in [0, 0.05) is 22.3 Å². The maximum absolute atomic E-state index is 12.1. The predicted molar refractivity (Wildman–Crippen MR) is 85.1 cm³/mol. The lowest BCUT2D eigenvalue weighted by Crippen LogP contribution is -2.51. The highest BCUT2D eigenvalue weighted by atomic mass is 79.9. The Bertz CT molecular complexity index is 623. The third-order valence-corrected chi connectivity index (χ3v) is 4.41. The Morgan fingerprint density at radius 2 is 2.23 bits per heavy atom. The lowest BCUT2D eigenvalue weighted by Gasteiger charge is -2.19. The molecule has 1 heterocycles. The van der Waals surface area contributed by atoms with Crippen LogP contribution in [0.1, 0.15) is 18.4 Å². The van der Waals surface area contributed by atoms with Gasteiger partial charge in [-0.15, -0.1) is 0 Å². The first-order chi connectivity index (χ1) is 10.4. The maximum Gasteiger partial charge on any atom is 0.243 e. The number of nitrogens with two attached hydrogens (primary N) is 1. The molecule has 0 aromatic heterocycles. The summed E-state index contributed by atoms with van der Waals surface area (Å²) in [6, 6.07) is 3.68. The van der Waals surface area contributed by atoms with Gasteiger partial charge >= 0.3 is 0 Å². The zero-order valence-corrected chi connectivity index (χ0v) is 13.9. The van der Waals surface area contributed by atoms with Gasteiger partial charge in [0.15, 0.2) is 0 Å². The van der Waals surface area contributed by atoms with Crippen LogP contribution < -0.4 is 16.4 Å². The molecule has 22 heavy (non-hydrogen) atoms. The zero-order chi connectivity index (χ0) is 16.3. The third kappa shape index (κ3) is 4.20. The molecule has 2 atom stereocenters. The minimum Gasteiger partial charge on any atom is -0.368 e. The lowest BCUT2D eigenvalue weighted by atomic mass is 10.0. The molecule has 1 fully saturated rings. The maximum atomic E-state index is 12.1. The summed E-state index contributed by atoms with van der Waals surface area (Å²) in [4.78, 5) is 34.8. The Morgan fingerprint density at radius 1 is 1.50 bits per heavy atom. The second-order valence-corrected chi connectivity index (χ2v) is 6.35. The van der Waals surface area contributed by atoms with Crippen LogP contribution in [0.15, 0.2) is 22.7 Å². The van der Waals surface area contributed by atoms with Gasteiger partial charge in [-0.2, -0.15) is 0 Å². The smallest absolute Gasteiger partial charge is 0.243 e. The van der Waals surface area contributed by atoms with E-state index in [0.717, 1.165) is 10.0 Å². The average Bonchev–Trinajstić information content (AvgIpc) is 2.88. The van der Waals surface area contributed by atoms with E-state index in [1.165, 1.54) is 0 Å². The second kappa shape index (κ2) is 7.11. The zero-order valence-electron chi connectivity index (χ0n) is 11.6. The first-order valence-electron chi connectivity index (χ1n) is 6.70. The minimum absolute atomic E-state index is 0.173. The quantitative estimate of drug-likeness (QED) is 0.698. The standard InChI is InChI=1S/C14H15BrClN3O3/c15-9-2-1-8(16)5-7(9)6-11(13(17)21)19-14(22)10-3-4-12(20)18-10/h1-2,5,10-11H,3-4,6H2,(H2,17,21)(H,18,20)(H,19,22)/t10-,11-/m0/s1. The van der Waals surface area contributed by atoms with E-state index in [4.69, 9.17) is 17.3 Å². The Labute approximate surface area is 140 Å². The average molecular weight is 389 g/mol. The molecule has 0 aliphatic carbocycles. The molecule has 4 N–H and O–H groups in total. The van der Waals surface area contributed by atoms with E-state index in [1.54, 1.807) is 18.2 Å². The summed E-state index contributed by atoms with van der Waals surface area (Å²) in [5.74, 6) is -1.23. The number of hydrogen-bond donors (Lipinski definition) is 3. The molecule has 6 nitrogen and oxygen atoms in total. The van der Waals surface area contributed by atoms with Gasteiger partial charge in [0.2, 0.25) is 17.7 Å². The Kier molecular flexibility index (Phi) is 5.42. The molecule has 2 rings (SSSR count). The first kappa shape index (κ1) is 16.8. The first-order valence-corrected chi connectivity index (χ1v) is 7.87. The van der Waals surface area contributed by atoms with Crippen LogP contribution in [0.4, 0.5) is 0 Å². The Balaban J connectivity index is 2.07. The van der Waals surface area contributed by atoms with E-state index < -0.39 is 23.9 Å². The van der Waals surface area contributed by atoms with Crippen molar-refractivity contribution in [1.82, 2.24) is 10.6 Å². The lowest BCUT2D eigenvalue weighted by molar-refractivity contribution is -0.129. The number of hydrogen-bond acceptors (Lipinski definition) is 3. The van der Waals surface area contributed by atoms with E-state index in [1.807, 2.05) is 0 Å². The van der Waals surface area contributed by atoms with Crippen LogP contribution in [0, 0.1) is 0 Å². The largest absolute Gasteiger partial charge is 0.368 e. The van der Waals surface area contributed by atoms with E-state index in [0.29, 0.717) is 17.9 Å². The fourth-order valence-electron chi connectivity index (χ4n) is 2.23. The Morgan fingerprint density at radius 3 is 2.82 bits per heavy atom. The Hall–Kier alpha value is -1.60. The van der Waals surface area contributed by atoms with Gasteiger partial charge in [-0.05, 0) is 30.2 Å². The fourth-order valence-corrected chi connectivity index (χ4v) is 2.83. The highest BCUT2D eigenvalue weighted by Crippen LogP contribution is 2.22. The molecule has 0 bridgehead atoms. The van der Waals surface area contributed by atoms with Crippen LogP contribution in [-0.2, 0) is 20.8 Å². The molecular weight excluding hydrogens is 374 g/mol. The second-order valence-electron chi connectivity index (χ2n) is 5.06. The molecule has 1 aliphatic rings. The predicted octanol–water partition coefficient (Wildman–Crippen LogP) is 0.894. The van der Waals surface area contributed by atoms with Crippen molar-refractivity contribution in [2.45, 2.75) is 31.3 Å². The summed E-state index contributed by atoms with van der Waals surface area (Å²) < 4.78 is 0.770. The SMILES string of the molecule is NC(=O)[C@H](Cc1cc(Cl)ccc1Br)NC(=O)[C@@H]1CCC(=O)N1. The van der Waals surface area contributed by atoms with Crippen molar-refractivity contribution >= 4 is 45.3 Å². The molecule has 8 heteroatoms. The van der Waals surface area contributed by atoms with Crippen molar-refractivity contribution in [2.75, 3.05) is 0 Å². The number of nitrogens with one attached hydrogen (secondary N) is 2. The summed E-state index contributed by atoms with van der Waals surface area (Å²) in [6.45, 7) is 0. The van der Waals surface area contributed by atoms with Crippen molar-refractivity contribution in [2.24, 2.45) is 5.73 Å². The molecule has 0 unspecified atom stereocenters. The van der Waals surface area contributed by atoms with Crippen molar-refractivity contribution in [3.8, 4) is 0 Å². The van der Waals surface area contributed by atoms with Crippen molar-refractivity contribution in [3.63, 3.8) is 0 Å². The van der Waals surface area contributed by atoms with Crippen LogP contribution in [0.5, 0.6) is 0 Å². The molecule has 118 valence electrons. The molecule has 1 aliphatic heterocycles. The van der Waals surface area contributed by atoms with E-state index in [2.05, 4.69) is 26.6 Å². The van der Waals surface area contributed by atoms with Gasteiger partial charge in [-0.1, -0.05) is 27.5 Å². The van der Waals surface area contributed by atoms with Gasteiger partial charge in [0.25, 0.3) is 0 Å². The van der Waals surface area contributed by atoms with Crippen LogP contribution in [0.3, 0.4) is 0 Å². The highest BCUT2D eigenvalue weighted by Gasteiger charge is 2.30. The van der Waals surface area contributed by atoms with Gasteiger partial charge in [-0.25, -0.2) is 0 Å². The molecule has 1 saturated heterocycles. The fraction of sp³-hybridized carbons (Fsp3) is 0.357. The molecule has 0 radical (unpaired) electrons. The van der Waals surface area contributed by atoms with Crippen LogP contribution in [-0.4, -0.2) is 29.8 Å². The summed E-state index contributed by atoms with van der Waals surface area (Å²) in [7, 11) is 0. The molecular formula is C14H15BrClN3O3. The topological polar surface area (TPSA) is 101 Å². The van der Waals surface area contributed by atoms with E-state index in [-0.39, 0.29) is 12.3 Å². The normalized spacial score (nSPS) is 18.6. The molecule has 0 spiro atoms. The molecule has 3 amide bonds. The van der Waals surface area contributed by atoms with Gasteiger partial charge < -0.3 is 16.4 Å². The van der Waals surface area contributed by atoms with Crippen molar-refractivity contribution in [3.05, 3.63) is 33.3 Å². The third-order valence-electron chi connectivity index (χ3n) is 3.40. The summed E-state index contributed by atoms with van der Waals surface area (Å²) in [5.41, 5.74) is 6.11. The number of carbonyl (C=O) groups is 3. The van der Waals surface area contributed by atoms with Gasteiger partial charge in [0.1, 0.15) is 12.1 Å². The molecule has 0 saturated carbocycles. The van der Waals surface area contributed by atoms with Crippen molar-refractivity contribution < 1.29 is 14.4 Å². The number of carbonyl (C=O) groups excluding carboxylic acids is 3. The summed E-state index contributed by atoms with van der Waals surface area (Å²) >= 11 is 9.30. The van der Waals surface area contributed by atoms with Crippen LogP contribution in [0.25, 0.3) is 0 Å². The van der Waals surface area contributed by atoms with Crippen LogP contribution >= 0.6 is 27.5 Å². The number of benzene rings is 1. The summed E-state index contributed by atoms with van der Waals surface area (Å²) in [6.07, 6.45) is 0.930. The van der Waals surface area contributed by atoms with Crippen LogP contribution in [0.2, 0.25) is 5.02 Å². The van der Waals surface area contributed by atoms with E-state index >= 15 is 0 Å². The highest BCUT2D eigenvalue weighted by molar-refractivity contribution is 9.10. The number of halogens is 2.